The number of benzene rings is 1. The van der Waals surface area contributed by atoms with Gasteiger partial charge in [0, 0.05) is 43.8 Å². The normalized spacial score (nSPS) is 11.5. The second-order valence-corrected chi connectivity index (χ2v) is 9.16. The maximum atomic E-state index is 13.0. The van der Waals surface area contributed by atoms with Crippen molar-refractivity contribution in [2.45, 2.75) is 52.4 Å². The molecule has 0 spiro atoms. The second kappa shape index (κ2) is 10.3. The zero-order chi connectivity index (χ0) is 22.5. The molecule has 0 saturated heterocycles. The number of rotatable bonds is 10. The SMILES string of the molecule is COCCCn1c(C)cc(C(=O)CSc2nc3ccccc3c(=O)n2CC(C)C)c1C. The van der Waals surface area contributed by atoms with Crippen molar-refractivity contribution in [2.24, 2.45) is 5.92 Å². The number of methoxy groups -OCH3 is 1. The lowest BCUT2D eigenvalue weighted by molar-refractivity contribution is 0.102. The number of hydrogen-bond donors (Lipinski definition) is 0. The average Bonchev–Trinajstić information content (AvgIpc) is 3.02. The first-order valence-electron chi connectivity index (χ1n) is 10.6. The number of fused-ring (bicyclic) bond motifs is 1. The van der Waals surface area contributed by atoms with Gasteiger partial charge in [0.2, 0.25) is 0 Å². The van der Waals surface area contributed by atoms with Gasteiger partial charge in [-0.05, 0) is 44.4 Å². The second-order valence-electron chi connectivity index (χ2n) is 8.22. The van der Waals surface area contributed by atoms with Crippen LogP contribution in [0.2, 0.25) is 0 Å². The van der Waals surface area contributed by atoms with E-state index in [1.807, 2.05) is 38.1 Å². The molecule has 2 heterocycles. The first-order chi connectivity index (χ1) is 14.8. The highest BCUT2D eigenvalue weighted by Gasteiger charge is 2.18. The van der Waals surface area contributed by atoms with Gasteiger partial charge in [-0.2, -0.15) is 0 Å². The Kier molecular flexibility index (Phi) is 7.73. The van der Waals surface area contributed by atoms with Gasteiger partial charge in [0.1, 0.15) is 0 Å². The summed E-state index contributed by atoms with van der Waals surface area (Å²) in [4.78, 5) is 30.8. The molecule has 6 nitrogen and oxygen atoms in total. The molecule has 0 N–H and O–H groups in total. The summed E-state index contributed by atoms with van der Waals surface area (Å²) >= 11 is 1.34. The van der Waals surface area contributed by atoms with Crippen LogP contribution in [0.4, 0.5) is 0 Å². The summed E-state index contributed by atoms with van der Waals surface area (Å²) in [6, 6.07) is 9.33. The number of para-hydroxylation sites is 1. The summed E-state index contributed by atoms with van der Waals surface area (Å²) in [5, 5.41) is 1.21. The highest BCUT2D eigenvalue weighted by molar-refractivity contribution is 7.99. The van der Waals surface area contributed by atoms with Crippen molar-refractivity contribution in [1.82, 2.24) is 14.1 Å². The number of Topliss-reactive ketones (excluding diaryl/α,β-unsaturated/α-hetero) is 1. The maximum absolute atomic E-state index is 13.0. The molecule has 0 fully saturated rings. The molecular weight excluding hydrogens is 410 g/mol. The van der Waals surface area contributed by atoms with Crippen molar-refractivity contribution >= 4 is 28.4 Å². The Morgan fingerprint density at radius 1 is 1.19 bits per heavy atom. The van der Waals surface area contributed by atoms with Gasteiger partial charge in [-0.1, -0.05) is 37.7 Å². The fraction of sp³-hybridized carbons (Fsp3) is 0.458. The third-order valence-electron chi connectivity index (χ3n) is 5.31. The number of thioether (sulfide) groups is 1. The van der Waals surface area contributed by atoms with Gasteiger partial charge in [0.05, 0.1) is 16.7 Å². The molecule has 3 aromatic rings. The van der Waals surface area contributed by atoms with E-state index in [0.29, 0.717) is 35.1 Å². The Morgan fingerprint density at radius 3 is 2.65 bits per heavy atom. The summed E-state index contributed by atoms with van der Waals surface area (Å²) in [7, 11) is 1.70. The summed E-state index contributed by atoms with van der Waals surface area (Å²) in [5.74, 6) is 0.585. The van der Waals surface area contributed by atoms with E-state index in [-0.39, 0.29) is 17.1 Å². The monoisotopic (exact) mass is 441 g/mol. The maximum Gasteiger partial charge on any atom is 0.262 e. The fourth-order valence-corrected chi connectivity index (χ4v) is 4.68. The van der Waals surface area contributed by atoms with Gasteiger partial charge in [0.15, 0.2) is 10.9 Å². The molecule has 0 unspecified atom stereocenters. The van der Waals surface area contributed by atoms with E-state index in [0.717, 1.165) is 29.9 Å². The molecule has 31 heavy (non-hydrogen) atoms. The van der Waals surface area contributed by atoms with Crippen LogP contribution in [0.5, 0.6) is 0 Å². The molecule has 0 atom stereocenters. The Hall–Kier alpha value is -2.38. The van der Waals surface area contributed by atoms with E-state index in [4.69, 9.17) is 9.72 Å². The lowest BCUT2D eigenvalue weighted by atomic mass is 10.2. The van der Waals surface area contributed by atoms with Crippen LogP contribution in [0.25, 0.3) is 10.9 Å². The molecule has 166 valence electrons. The smallest absolute Gasteiger partial charge is 0.262 e. The number of carbonyl (C=O) groups excluding carboxylic acids is 1. The third kappa shape index (κ3) is 5.28. The summed E-state index contributed by atoms with van der Waals surface area (Å²) < 4.78 is 9.02. The van der Waals surface area contributed by atoms with Gasteiger partial charge < -0.3 is 9.30 Å². The molecule has 0 aliphatic rings. The molecule has 2 aromatic heterocycles. The molecular formula is C24H31N3O3S. The predicted molar refractivity (Wildman–Crippen MR) is 126 cm³/mol. The summed E-state index contributed by atoms with van der Waals surface area (Å²) in [5.41, 5.74) is 3.40. The zero-order valence-corrected chi connectivity index (χ0v) is 19.8. The molecule has 1 aromatic carbocycles. The van der Waals surface area contributed by atoms with Crippen molar-refractivity contribution in [3.05, 3.63) is 57.6 Å². The number of carbonyl (C=O) groups is 1. The van der Waals surface area contributed by atoms with E-state index in [9.17, 15) is 9.59 Å². The molecule has 0 radical (unpaired) electrons. The molecule has 0 aliphatic heterocycles. The van der Waals surface area contributed by atoms with Crippen molar-refractivity contribution in [1.29, 1.82) is 0 Å². The van der Waals surface area contributed by atoms with Gasteiger partial charge in [-0.25, -0.2) is 4.98 Å². The lowest BCUT2D eigenvalue weighted by Gasteiger charge is -2.14. The largest absolute Gasteiger partial charge is 0.385 e. The number of nitrogens with zero attached hydrogens (tertiary/aromatic N) is 3. The number of aryl methyl sites for hydroxylation is 1. The Morgan fingerprint density at radius 2 is 1.94 bits per heavy atom. The Labute approximate surface area is 187 Å². The van der Waals surface area contributed by atoms with E-state index in [1.165, 1.54) is 11.8 Å². The van der Waals surface area contributed by atoms with Gasteiger partial charge >= 0.3 is 0 Å². The topological polar surface area (TPSA) is 66.1 Å². The highest BCUT2D eigenvalue weighted by atomic mass is 32.2. The molecule has 7 heteroatoms. The van der Waals surface area contributed by atoms with Crippen molar-refractivity contribution in [2.75, 3.05) is 19.5 Å². The molecule has 0 amide bonds. The minimum Gasteiger partial charge on any atom is -0.385 e. The van der Waals surface area contributed by atoms with Crippen molar-refractivity contribution < 1.29 is 9.53 Å². The first-order valence-corrected chi connectivity index (χ1v) is 11.6. The number of aromatic nitrogens is 3. The number of hydrogen-bond acceptors (Lipinski definition) is 5. The van der Waals surface area contributed by atoms with Gasteiger partial charge in [-0.15, -0.1) is 0 Å². The number of ketones is 1. The van der Waals surface area contributed by atoms with Crippen LogP contribution in [0, 0.1) is 19.8 Å². The minimum atomic E-state index is -0.0504. The van der Waals surface area contributed by atoms with Crippen molar-refractivity contribution in [3.63, 3.8) is 0 Å². The van der Waals surface area contributed by atoms with Crippen LogP contribution < -0.4 is 5.56 Å². The van der Waals surface area contributed by atoms with E-state index >= 15 is 0 Å². The first kappa shape index (κ1) is 23.3. The van der Waals surface area contributed by atoms with Crippen LogP contribution in [0.3, 0.4) is 0 Å². The average molecular weight is 442 g/mol. The molecule has 0 bridgehead atoms. The van der Waals surface area contributed by atoms with Crippen molar-refractivity contribution in [3.8, 4) is 0 Å². The number of ether oxygens (including phenoxy) is 1. The van der Waals surface area contributed by atoms with Crippen LogP contribution >= 0.6 is 11.8 Å². The van der Waals surface area contributed by atoms with E-state index in [2.05, 4.69) is 18.4 Å². The highest BCUT2D eigenvalue weighted by Crippen LogP contribution is 2.23. The molecule has 3 rings (SSSR count). The fourth-order valence-electron chi connectivity index (χ4n) is 3.79. The standard InChI is InChI=1S/C24H31N3O3S/c1-16(2)14-27-23(29)19-9-6-7-10-21(19)25-24(27)31-15-22(28)20-13-17(3)26(18(20)4)11-8-12-30-5/h6-7,9-10,13,16H,8,11-12,14-15H2,1-5H3. The van der Waals surface area contributed by atoms with Gasteiger partial charge in [0.25, 0.3) is 5.56 Å². The Balaban J connectivity index is 1.85. The molecule has 0 aliphatic carbocycles. The predicted octanol–water partition coefficient (Wildman–Crippen LogP) is 4.48. The minimum absolute atomic E-state index is 0.0504. The van der Waals surface area contributed by atoms with Crippen LogP contribution in [0.1, 0.15) is 42.0 Å². The Bertz CT molecular complexity index is 1130. The quantitative estimate of drug-likeness (QED) is 0.201. The summed E-state index contributed by atoms with van der Waals surface area (Å²) in [6.45, 7) is 10.2. The lowest BCUT2D eigenvalue weighted by Crippen LogP contribution is -2.25. The molecule has 0 saturated carbocycles. The van der Waals surface area contributed by atoms with Crippen LogP contribution in [-0.2, 0) is 17.8 Å². The third-order valence-corrected chi connectivity index (χ3v) is 6.29. The van der Waals surface area contributed by atoms with E-state index < -0.39 is 0 Å². The summed E-state index contributed by atoms with van der Waals surface area (Å²) in [6.07, 6.45) is 0.901. The van der Waals surface area contributed by atoms with Crippen LogP contribution in [-0.4, -0.2) is 39.4 Å². The zero-order valence-electron chi connectivity index (χ0n) is 19.0. The van der Waals surface area contributed by atoms with E-state index in [1.54, 1.807) is 17.7 Å². The van der Waals surface area contributed by atoms with Gasteiger partial charge in [-0.3, -0.25) is 14.2 Å². The van der Waals surface area contributed by atoms with Crippen LogP contribution in [0.15, 0.2) is 40.3 Å².